The van der Waals surface area contributed by atoms with Gasteiger partial charge in [0.15, 0.2) is 0 Å². The van der Waals surface area contributed by atoms with Crippen LogP contribution < -0.4 is 5.32 Å². The van der Waals surface area contributed by atoms with Crippen LogP contribution in [-0.4, -0.2) is 21.3 Å². The zero-order chi connectivity index (χ0) is 15.1. The van der Waals surface area contributed by atoms with Gasteiger partial charge in [0, 0.05) is 24.9 Å². The topological polar surface area (TPSA) is 42.7 Å². The van der Waals surface area contributed by atoms with Crippen LogP contribution in [0.4, 0.5) is 0 Å². The van der Waals surface area contributed by atoms with E-state index in [1.54, 1.807) is 0 Å². The zero-order valence-corrected chi connectivity index (χ0v) is 13.3. The first-order chi connectivity index (χ1) is 10.3. The minimum Gasteiger partial charge on any atom is -0.308 e. The Morgan fingerprint density at radius 2 is 2.10 bits per heavy atom. The zero-order valence-electron chi connectivity index (χ0n) is 13.3. The van der Waals surface area contributed by atoms with Gasteiger partial charge >= 0.3 is 0 Å². The fourth-order valence-electron chi connectivity index (χ4n) is 2.52. The van der Waals surface area contributed by atoms with Crippen molar-refractivity contribution in [3.63, 3.8) is 0 Å². The van der Waals surface area contributed by atoms with Crippen molar-refractivity contribution in [1.29, 1.82) is 0 Å². The molecule has 114 valence electrons. The van der Waals surface area contributed by atoms with Crippen molar-refractivity contribution in [2.75, 3.05) is 6.54 Å². The van der Waals surface area contributed by atoms with E-state index in [-0.39, 0.29) is 6.04 Å². The van der Waals surface area contributed by atoms with E-state index in [0.29, 0.717) is 0 Å². The summed E-state index contributed by atoms with van der Waals surface area (Å²) in [5.41, 5.74) is 3.56. The lowest BCUT2D eigenvalue weighted by atomic mass is 10.1. The number of pyridine rings is 1. The van der Waals surface area contributed by atoms with Gasteiger partial charge in [-0.05, 0) is 44.5 Å². The minimum absolute atomic E-state index is 0.248. The Kier molecular flexibility index (Phi) is 5.93. The summed E-state index contributed by atoms with van der Waals surface area (Å²) in [6.07, 6.45) is 4.90. The third-order valence-corrected chi connectivity index (χ3v) is 3.67. The Bertz CT molecular complexity index is 533. The standard InChI is InChI=1S/C17H26N4/c1-4-10-18-17(16-9-7-8-11-19-16)13-15-12-14(5-2)20-21(15)6-3/h7-9,11-12,17-18H,4-6,10,13H2,1-3H3. The summed E-state index contributed by atoms with van der Waals surface area (Å²) >= 11 is 0. The van der Waals surface area contributed by atoms with E-state index in [1.807, 2.05) is 12.3 Å². The Hall–Kier alpha value is -1.68. The molecule has 2 aromatic heterocycles. The SMILES string of the molecule is CCCNC(Cc1cc(CC)nn1CC)c1ccccn1. The van der Waals surface area contributed by atoms with E-state index >= 15 is 0 Å². The largest absolute Gasteiger partial charge is 0.308 e. The molecular formula is C17H26N4. The van der Waals surface area contributed by atoms with Crippen molar-refractivity contribution in [3.8, 4) is 0 Å². The molecule has 1 N–H and O–H groups in total. The van der Waals surface area contributed by atoms with Crippen LogP contribution in [0, 0.1) is 0 Å². The highest BCUT2D eigenvalue weighted by Gasteiger charge is 2.16. The van der Waals surface area contributed by atoms with Crippen LogP contribution in [0.1, 0.15) is 50.3 Å². The van der Waals surface area contributed by atoms with E-state index in [0.717, 1.165) is 38.0 Å². The first-order valence-electron chi connectivity index (χ1n) is 7.98. The molecule has 0 amide bonds. The average molecular weight is 286 g/mol. The number of hydrogen-bond donors (Lipinski definition) is 1. The summed E-state index contributed by atoms with van der Waals surface area (Å²) in [4.78, 5) is 4.52. The van der Waals surface area contributed by atoms with Crippen molar-refractivity contribution in [1.82, 2.24) is 20.1 Å². The summed E-state index contributed by atoms with van der Waals surface area (Å²) in [5, 5.41) is 8.25. The second kappa shape index (κ2) is 7.93. The van der Waals surface area contributed by atoms with Crippen LogP contribution in [-0.2, 0) is 19.4 Å². The van der Waals surface area contributed by atoms with Crippen molar-refractivity contribution >= 4 is 0 Å². The number of aromatic nitrogens is 3. The first-order valence-corrected chi connectivity index (χ1v) is 7.98. The fraction of sp³-hybridized carbons (Fsp3) is 0.529. The predicted octanol–water partition coefficient (Wildman–Crippen LogP) is 3.14. The van der Waals surface area contributed by atoms with Gasteiger partial charge in [-0.3, -0.25) is 9.67 Å². The van der Waals surface area contributed by atoms with Crippen molar-refractivity contribution in [3.05, 3.63) is 47.5 Å². The van der Waals surface area contributed by atoms with Crippen molar-refractivity contribution < 1.29 is 0 Å². The second-order valence-corrected chi connectivity index (χ2v) is 5.26. The van der Waals surface area contributed by atoms with Crippen LogP contribution in [0.25, 0.3) is 0 Å². The predicted molar refractivity (Wildman–Crippen MR) is 86.3 cm³/mol. The summed E-state index contributed by atoms with van der Waals surface area (Å²) < 4.78 is 2.11. The smallest absolute Gasteiger partial charge is 0.0624 e. The van der Waals surface area contributed by atoms with Crippen LogP contribution in [0.5, 0.6) is 0 Å². The van der Waals surface area contributed by atoms with Gasteiger partial charge in [0.1, 0.15) is 0 Å². The number of nitrogens with zero attached hydrogens (tertiary/aromatic N) is 3. The van der Waals surface area contributed by atoms with E-state index in [4.69, 9.17) is 0 Å². The molecule has 4 nitrogen and oxygen atoms in total. The number of hydrogen-bond acceptors (Lipinski definition) is 3. The maximum Gasteiger partial charge on any atom is 0.0624 e. The van der Waals surface area contributed by atoms with Gasteiger partial charge in [0.05, 0.1) is 17.4 Å². The number of aryl methyl sites for hydroxylation is 2. The van der Waals surface area contributed by atoms with Gasteiger partial charge in [-0.25, -0.2) is 0 Å². The fourth-order valence-corrected chi connectivity index (χ4v) is 2.52. The van der Waals surface area contributed by atoms with Gasteiger partial charge in [0.25, 0.3) is 0 Å². The Morgan fingerprint density at radius 3 is 2.71 bits per heavy atom. The molecule has 2 heterocycles. The van der Waals surface area contributed by atoms with Crippen molar-refractivity contribution in [2.24, 2.45) is 0 Å². The highest BCUT2D eigenvalue weighted by atomic mass is 15.3. The van der Waals surface area contributed by atoms with Crippen molar-refractivity contribution in [2.45, 2.75) is 52.6 Å². The Morgan fingerprint density at radius 1 is 1.24 bits per heavy atom. The van der Waals surface area contributed by atoms with Gasteiger partial charge in [-0.1, -0.05) is 19.9 Å². The molecule has 0 bridgehead atoms. The third-order valence-electron chi connectivity index (χ3n) is 3.67. The van der Waals surface area contributed by atoms with Crippen LogP contribution >= 0.6 is 0 Å². The van der Waals surface area contributed by atoms with Gasteiger partial charge < -0.3 is 5.32 Å². The van der Waals surface area contributed by atoms with Gasteiger partial charge in [-0.2, -0.15) is 5.10 Å². The molecule has 0 saturated carbocycles. The van der Waals surface area contributed by atoms with Crippen LogP contribution in [0.3, 0.4) is 0 Å². The normalized spacial score (nSPS) is 12.5. The molecule has 1 unspecified atom stereocenters. The lowest BCUT2D eigenvalue weighted by Gasteiger charge is -2.18. The highest BCUT2D eigenvalue weighted by Crippen LogP contribution is 2.18. The van der Waals surface area contributed by atoms with Gasteiger partial charge in [0.2, 0.25) is 0 Å². The first kappa shape index (κ1) is 15.7. The molecular weight excluding hydrogens is 260 g/mol. The molecule has 0 aromatic carbocycles. The molecule has 0 spiro atoms. The number of nitrogens with one attached hydrogen (secondary N) is 1. The highest BCUT2D eigenvalue weighted by molar-refractivity contribution is 5.16. The lowest BCUT2D eigenvalue weighted by molar-refractivity contribution is 0.493. The lowest BCUT2D eigenvalue weighted by Crippen LogP contribution is -2.25. The summed E-state index contributed by atoms with van der Waals surface area (Å²) in [6, 6.07) is 8.59. The monoisotopic (exact) mass is 286 g/mol. The molecule has 0 radical (unpaired) electrons. The summed E-state index contributed by atoms with van der Waals surface area (Å²) in [5.74, 6) is 0. The van der Waals surface area contributed by atoms with E-state index in [9.17, 15) is 0 Å². The summed E-state index contributed by atoms with van der Waals surface area (Å²) in [6.45, 7) is 8.40. The number of rotatable bonds is 8. The quantitative estimate of drug-likeness (QED) is 0.810. The second-order valence-electron chi connectivity index (χ2n) is 5.26. The van der Waals surface area contributed by atoms with Gasteiger partial charge in [-0.15, -0.1) is 0 Å². The molecule has 2 aromatic rings. The third kappa shape index (κ3) is 4.14. The summed E-state index contributed by atoms with van der Waals surface area (Å²) in [7, 11) is 0. The average Bonchev–Trinajstić information content (AvgIpc) is 2.94. The molecule has 0 aliphatic carbocycles. The van der Waals surface area contributed by atoms with E-state index < -0.39 is 0 Å². The maximum atomic E-state index is 4.64. The molecule has 4 heteroatoms. The van der Waals surface area contributed by atoms with Crippen LogP contribution in [0.2, 0.25) is 0 Å². The van der Waals surface area contributed by atoms with E-state index in [1.165, 1.54) is 11.4 Å². The molecule has 0 fully saturated rings. The Balaban J connectivity index is 2.20. The molecule has 21 heavy (non-hydrogen) atoms. The minimum atomic E-state index is 0.248. The molecule has 0 saturated heterocycles. The molecule has 0 aliphatic rings. The maximum absolute atomic E-state index is 4.64. The Labute approximate surface area is 127 Å². The molecule has 0 aliphatic heterocycles. The molecule has 1 atom stereocenters. The van der Waals surface area contributed by atoms with Crippen LogP contribution in [0.15, 0.2) is 30.5 Å². The molecule has 2 rings (SSSR count). The van der Waals surface area contributed by atoms with E-state index in [2.05, 4.69) is 59.1 Å².